The van der Waals surface area contributed by atoms with Gasteiger partial charge in [0.05, 0.1) is 21.4 Å². The molecule has 0 amide bonds. The van der Waals surface area contributed by atoms with Crippen molar-refractivity contribution >= 4 is 34.9 Å². The number of non-ortho nitro benzene ring substituents is 1. The summed E-state index contributed by atoms with van der Waals surface area (Å²) in [6, 6.07) is 24.8. The van der Waals surface area contributed by atoms with Gasteiger partial charge in [0, 0.05) is 28.8 Å². The number of allylic oxidation sites excluding steroid dienone is 1. The standard InChI is InChI=1S/C30H19Cl2N3O6/c31-19-6-4-17(5-7-19)16-39-21-3-1-2-18(12-21)28-23-10-9-22(14-27(23)41-29(34)25(28)15-33)40-30(36)24-13-20(35(37)38)8-11-26(24)32/h1-14,28H,16,34H2. The minimum atomic E-state index is -0.891. The molecule has 4 aromatic carbocycles. The average Bonchev–Trinajstić information content (AvgIpc) is 2.96. The first-order valence-electron chi connectivity index (χ1n) is 12.1. The SMILES string of the molecule is N#CC1=C(N)Oc2cc(OC(=O)c3cc([N+](=O)[O-])ccc3Cl)ccc2C1c1cccc(OCc2ccc(Cl)cc2)c1. The van der Waals surface area contributed by atoms with Gasteiger partial charge in [0.15, 0.2) is 0 Å². The van der Waals surface area contributed by atoms with Crippen molar-refractivity contribution in [2.45, 2.75) is 12.5 Å². The number of benzene rings is 4. The number of nitrogens with zero attached hydrogens (tertiary/aromatic N) is 2. The zero-order chi connectivity index (χ0) is 29.1. The van der Waals surface area contributed by atoms with Crippen molar-refractivity contribution in [1.29, 1.82) is 5.26 Å². The Balaban J connectivity index is 1.42. The van der Waals surface area contributed by atoms with Crippen molar-refractivity contribution in [2.75, 3.05) is 0 Å². The fourth-order valence-corrected chi connectivity index (χ4v) is 4.64. The second-order valence-corrected chi connectivity index (χ2v) is 9.77. The van der Waals surface area contributed by atoms with Crippen molar-refractivity contribution < 1.29 is 23.9 Å². The first-order chi connectivity index (χ1) is 19.7. The number of fused-ring (bicyclic) bond motifs is 1. The van der Waals surface area contributed by atoms with Crippen LogP contribution < -0.4 is 19.9 Å². The summed E-state index contributed by atoms with van der Waals surface area (Å²) < 4.78 is 17.1. The first-order valence-corrected chi connectivity index (χ1v) is 12.8. The number of rotatable bonds is 7. The van der Waals surface area contributed by atoms with Gasteiger partial charge in [0.1, 0.15) is 35.5 Å². The van der Waals surface area contributed by atoms with E-state index in [4.69, 9.17) is 43.1 Å². The molecule has 1 unspecified atom stereocenters. The van der Waals surface area contributed by atoms with Crippen molar-refractivity contribution in [3.8, 4) is 23.3 Å². The monoisotopic (exact) mass is 587 g/mol. The molecule has 1 heterocycles. The molecule has 11 heteroatoms. The molecule has 9 nitrogen and oxygen atoms in total. The molecular formula is C30H19Cl2N3O6. The summed E-state index contributed by atoms with van der Waals surface area (Å²) in [4.78, 5) is 23.2. The third-order valence-corrected chi connectivity index (χ3v) is 6.87. The van der Waals surface area contributed by atoms with Crippen LogP contribution in [-0.4, -0.2) is 10.9 Å². The Kier molecular flexibility index (Phi) is 7.79. The van der Waals surface area contributed by atoms with Gasteiger partial charge >= 0.3 is 5.97 Å². The Morgan fingerprint density at radius 3 is 2.54 bits per heavy atom. The molecule has 204 valence electrons. The summed E-state index contributed by atoms with van der Waals surface area (Å²) in [5.41, 5.74) is 8.14. The van der Waals surface area contributed by atoms with Crippen LogP contribution in [0.3, 0.4) is 0 Å². The molecule has 0 fully saturated rings. The Morgan fingerprint density at radius 2 is 1.80 bits per heavy atom. The number of carbonyl (C=O) groups is 1. The lowest BCUT2D eigenvalue weighted by Gasteiger charge is -2.27. The topological polar surface area (TPSA) is 138 Å². The first kappa shape index (κ1) is 27.5. The Bertz CT molecular complexity index is 1750. The highest BCUT2D eigenvalue weighted by Gasteiger charge is 2.31. The maximum atomic E-state index is 12.8. The second-order valence-electron chi connectivity index (χ2n) is 8.92. The smallest absolute Gasteiger partial charge is 0.345 e. The molecule has 0 radical (unpaired) electrons. The van der Waals surface area contributed by atoms with E-state index in [1.54, 1.807) is 24.3 Å². The number of nitriles is 1. The van der Waals surface area contributed by atoms with Crippen molar-refractivity contribution in [2.24, 2.45) is 5.73 Å². The lowest BCUT2D eigenvalue weighted by molar-refractivity contribution is -0.384. The van der Waals surface area contributed by atoms with Crippen LogP contribution in [0.5, 0.6) is 17.2 Å². The maximum Gasteiger partial charge on any atom is 0.345 e. The molecule has 4 aromatic rings. The van der Waals surface area contributed by atoms with Crippen LogP contribution >= 0.6 is 23.2 Å². The molecule has 0 aromatic heterocycles. The summed E-state index contributed by atoms with van der Waals surface area (Å²) in [5, 5.41) is 21.7. The highest BCUT2D eigenvalue weighted by atomic mass is 35.5. The molecule has 0 aliphatic carbocycles. The zero-order valence-corrected chi connectivity index (χ0v) is 22.6. The van der Waals surface area contributed by atoms with Gasteiger partial charge in [-0.1, -0.05) is 53.5 Å². The van der Waals surface area contributed by atoms with Gasteiger partial charge in [0.25, 0.3) is 5.69 Å². The normalized spacial score (nSPS) is 13.9. The molecule has 0 saturated heterocycles. The quantitative estimate of drug-likeness (QED) is 0.106. The third-order valence-electron chi connectivity index (χ3n) is 6.29. The lowest BCUT2D eigenvalue weighted by atomic mass is 9.83. The van der Waals surface area contributed by atoms with Crippen LogP contribution in [0.4, 0.5) is 5.69 Å². The maximum absolute atomic E-state index is 12.8. The molecule has 1 aliphatic heterocycles. The molecule has 0 saturated carbocycles. The highest BCUT2D eigenvalue weighted by molar-refractivity contribution is 6.33. The van der Waals surface area contributed by atoms with Crippen LogP contribution in [-0.2, 0) is 6.61 Å². The van der Waals surface area contributed by atoms with Crippen LogP contribution in [0, 0.1) is 21.4 Å². The average molecular weight is 588 g/mol. The number of hydrogen-bond acceptors (Lipinski definition) is 8. The summed E-state index contributed by atoms with van der Waals surface area (Å²) in [5.74, 6) is -0.627. The fraction of sp³-hybridized carbons (Fsp3) is 0.0667. The Morgan fingerprint density at radius 1 is 1.02 bits per heavy atom. The molecule has 1 aliphatic rings. The largest absolute Gasteiger partial charge is 0.489 e. The van der Waals surface area contributed by atoms with E-state index in [0.29, 0.717) is 22.9 Å². The lowest BCUT2D eigenvalue weighted by Crippen LogP contribution is -2.21. The summed E-state index contributed by atoms with van der Waals surface area (Å²) in [6.45, 7) is 0.317. The predicted octanol–water partition coefficient (Wildman–Crippen LogP) is 6.92. The van der Waals surface area contributed by atoms with Crippen LogP contribution in [0.2, 0.25) is 10.0 Å². The zero-order valence-electron chi connectivity index (χ0n) is 21.0. The predicted molar refractivity (Wildman–Crippen MR) is 151 cm³/mol. The van der Waals surface area contributed by atoms with Crippen molar-refractivity contribution in [3.05, 3.63) is 139 Å². The van der Waals surface area contributed by atoms with Gasteiger partial charge in [-0.2, -0.15) is 5.26 Å². The minimum absolute atomic E-state index is 0.00104. The van der Waals surface area contributed by atoms with Crippen LogP contribution in [0.1, 0.15) is 33.0 Å². The number of nitro groups is 1. The van der Waals surface area contributed by atoms with Gasteiger partial charge in [-0.15, -0.1) is 0 Å². The Hall–Kier alpha value is -5.04. The number of esters is 1. The molecule has 2 N–H and O–H groups in total. The van der Waals surface area contributed by atoms with Crippen LogP contribution in [0.15, 0.2) is 96.4 Å². The molecule has 1 atom stereocenters. The van der Waals surface area contributed by atoms with E-state index in [-0.39, 0.29) is 39.2 Å². The molecule has 0 spiro atoms. The van der Waals surface area contributed by atoms with Gasteiger partial charge < -0.3 is 19.9 Å². The van der Waals surface area contributed by atoms with E-state index < -0.39 is 16.8 Å². The molecular weight excluding hydrogens is 569 g/mol. The van der Waals surface area contributed by atoms with Gasteiger partial charge in [-0.3, -0.25) is 10.1 Å². The summed E-state index contributed by atoms with van der Waals surface area (Å²) in [6.07, 6.45) is 0. The van der Waals surface area contributed by atoms with E-state index in [0.717, 1.165) is 17.2 Å². The van der Waals surface area contributed by atoms with E-state index in [2.05, 4.69) is 6.07 Å². The van der Waals surface area contributed by atoms with E-state index in [1.165, 1.54) is 24.3 Å². The van der Waals surface area contributed by atoms with Gasteiger partial charge in [0.2, 0.25) is 5.88 Å². The van der Waals surface area contributed by atoms with Gasteiger partial charge in [-0.25, -0.2) is 4.79 Å². The third kappa shape index (κ3) is 5.94. The fourth-order valence-electron chi connectivity index (χ4n) is 4.32. The number of nitrogens with two attached hydrogens (primary N) is 1. The van der Waals surface area contributed by atoms with E-state index in [1.807, 2.05) is 30.3 Å². The Labute approximate surface area is 244 Å². The van der Waals surface area contributed by atoms with Crippen molar-refractivity contribution in [3.63, 3.8) is 0 Å². The second kappa shape index (κ2) is 11.6. The summed E-state index contributed by atoms with van der Waals surface area (Å²) in [7, 11) is 0. The number of ether oxygens (including phenoxy) is 3. The van der Waals surface area contributed by atoms with Gasteiger partial charge in [-0.05, 0) is 47.5 Å². The van der Waals surface area contributed by atoms with E-state index >= 15 is 0 Å². The van der Waals surface area contributed by atoms with Crippen LogP contribution in [0.25, 0.3) is 0 Å². The minimum Gasteiger partial charge on any atom is -0.489 e. The number of carbonyl (C=O) groups excluding carboxylic acids is 1. The number of hydrogen-bond donors (Lipinski definition) is 1. The van der Waals surface area contributed by atoms with Crippen molar-refractivity contribution in [1.82, 2.24) is 0 Å². The molecule has 0 bridgehead atoms. The molecule has 5 rings (SSSR count). The number of nitro benzene ring substituents is 1. The summed E-state index contributed by atoms with van der Waals surface area (Å²) >= 11 is 12.0. The molecule has 41 heavy (non-hydrogen) atoms. The number of halogens is 2. The van der Waals surface area contributed by atoms with E-state index in [9.17, 15) is 20.2 Å². The highest BCUT2D eigenvalue weighted by Crippen LogP contribution is 2.44.